The van der Waals surface area contributed by atoms with Gasteiger partial charge >= 0.3 is 0 Å². The van der Waals surface area contributed by atoms with Crippen LogP contribution in [0.1, 0.15) is 52.5 Å². The zero-order chi connectivity index (χ0) is 19.3. The number of hydrogen-bond acceptors (Lipinski definition) is 3. The Morgan fingerprint density at radius 1 is 1.19 bits per heavy atom. The van der Waals surface area contributed by atoms with Crippen molar-refractivity contribution < 1.29 is 13.2 Å². The molecule has 1 saturated heterocycles. The first-order chi connectivity index (χ1) is 11.9. The quantitative estimate of drug-likeness (QED) is 0.875. The zero-order valence-electron chi connectivity index (χ0n) is 16.4. The maximum absolute atomic E-state index is 13.0. The van der Waals surface area contributed by atoms with Gasteiger partial charge in [-0.05, 0) is 56.1 Å². The molecule has 0 radical (unpaired) electrons. The summed E-state index contributed by atoms with van der Waals surface area (Å²) in [6.45, 7) is 11.0. The van der Waals surface area contributed by atoms with E-state index in [0.717, 1.165) is 31.4 Å². The number of carbonyl (C=O) groups is 1. The van der Waals surface area contributed by atoms with E-state index in [-0.39, 0.29) is 27.7 Å². The van der Waals surface area contributed by atoms with Crippen molar-refractivity contribution >= 4 is 15.9 Å². The van der Waals surface area contributed by atoms with Gasteiger partial charge in [0.15, 0.2) is 0 Å². The number of likely N-dealkylation sites (tertiary alicyclic amines) is 1. The lowest BCUT2D eigenvalue weighted by molar-refractivity contribution is -0.133. The first-order valence-electron chi connectivity index (χ1n) is 9.30. The van der Waals surface area contributed by atoms with E-state index in [4.69, 9.17) is 0 Å². The Morgan fingerprint density at radius 3 is 2.42 bits per heavy atom. The molecule has 1 aromatic carbocycles. The van der Waals surface area contributed by atoms with Crippen molar-refractivity contribution in [3.8, 4) is 0 Å². The molecule has 1 aliphatic carbocycles. The maximum Gasteiger partial charge on any atom is 0.241 e. The topological polar surface area (TPSA) is 66.5 Å². The highest BCUT2D eigenvalue weighted by Gasteiger charge is 2.51. The summed E-state index contributed by atoms with van der Waals surface area (Å²) >= 11 is 0. The number of sulfonamides is 1. The summed E-state index contributed by atoms with van der Waals surface area (Å²) in [5.41, 5.74) is 1.35. The average molecular weight is 379 g/mol. The normalized spacial score (nSPS) is 28.8. The molecule has 1 N–H and O–H groups in total. The first kappa shape index (κ1) is 19.4. The standard InChI is InChI=1S/C20H30N2O3S/c1-14-6-8-17(9-7-14)26(24,25)21-15(2)18(23)22-13-20(5)11-16(22)10-19(3,4)12-20/h6-9,15-16,21H,10-13H2,1-5H3. The molecule has 6 heteroatoms. The molecule has 2 aliphatic rings. The van der Waals surface area contributed by atoms with Crippen LogP contribution in [0.4, 0.5) is 0 Å². The monoisotopic (exact) mass is 378 g/mol. The molecule has 1 saturated carbocycles. The number of hydrogen-bond donors (Lipinski definition) is 1. The summed E-state index contributed by atoms with van der Waals surface area (Å²) in [5, 5.41) is 0. The summed E-state index contributed by atoms with van der Waals surface area (Å²) in [4.78, 5) is 15.1. The van der Waals surface area contributed by atoms with Crippen molar-refractivity contribution in [1.29, 1.82) is 0 Å². The van der Waals surface area contributed by atoms with Gasteiger partial charge in [-0.15, -0.1) is 0 Å². The highest BCUT2D eigenvalue weighted by atomic mass is 32.2. The third-order valence-corrected chi connectivity index (χ3v) is 7.29. The van der Waals surface area contributed by atoms with E-state index in [2.05, 4.69) is 25.5 Å². The fraction of sp³-hybridized carbons (Fsp3) is 0.650. The molecule has 144 valence electrons. The Labute approximate surface area is 157 Å². The number of benzene rings is 1. The number of amides is 1. The van der Waals surface area contributed by atoms with Crippen molar-refractivity contribution in [2.75, 3.05) is 6.54 Å². The summed E-state index contributed by atoms with van der Waals surface area (Å²) in [5.74, 6) is -0.118. The first-order valence-corrected chi connectivity index (χ1v) is 10.8. The van der Waals surface area contributed by atoms with Crippen molar-refractivity contribution in [2.24, 2.45) is 10.8 Å². The van der Waals surface area contributed by atoms with Gasteiger partial charge < -0.3 is 4.90 Å². The van der Waals surface area contributed by atoms with Gasteiger partial charge in [0, 0.05) is 12.6 Å². The van der Waals surface area contributed by atoms with Gasteiger partial charge in [-0.25, -0.2) is 8.42 Å². The molecule has 3 rings (SSSR count). The van der Waals surface area contributed by atoms with Gasteiger partial charge in [0.25, 0.3) is 0 Å². The van der Waals surface area contributed by atoms with Gasteiger partial charge in [-0.1, -0.05) is 38.5 Å². The summed E-state index contributed by atoms with van der Waals surface area (Å²) in [6, 6.07) is 6.10. The third kappa shape index (κ3) is 3.81. The molecule has 3 atom stereocenters. The second-order valence-electron chi connectivity index (χ2n) is 9.34. The highest BCUT2D eigenvalue weighted by Crippen LogP contribution is 2.52. The largest absolute Gasteiger partial charge is 0.338 e. The van der Waals surface area contributed by atoms with Gasteiger partial charge in [0.1, 0.15) is 0 Å². The van der Waals surface area contributed by atoms with Gasteiger partial charge in [-0.3, -0.25) is 4.79 Å². The van der Waals surface area contributed by atoms with Crippen LogP contribution in [0.2, 0.25) is 0 Å². The second kappa shape index (κ2) is 6.34. The summed E-state index contributed by atoms with van der Waals surface area (Å²) in [7, 11) is -3.71. The number of fused-ring (bicyclic) bond motifs is 2. The Morgan fingerprint density at radius 2 is 1.81 bits per heavy atom. The lowest BCUT2D eigenvalue weighted by Gasteiger charge is -2.39. The Bertz CT molecular complexity index is 801. The van der Waals surface area contributed by atoms with Crippen molar-refractivity contribution in [1.82, 2.24) is 9.62 Å². The van der Waals surface area contributed by atoms with Crippen LogP contribution in [-0.4, -0.2) is 37.9 Å². The molecule has 2 fully saturated rings. The third-order valence-electron chi connectivity index (χ3n) is 5.73. The van der Waals surface area contributed by atoms with Crippen molar-refractivity contribution in [3.63, 3.8) is 0 Å². The minimum absolute atomic E-state index is 0.118. The predicted molar refractivity (Wildman–Crippen MR) is 102 cm³/mol. The lowest BCUT2D eigenvalue weighted by atomic mass is 9.65. The molecule has 1 amide bonds. The molecular weight excluding hydrogens is 348 g/mol. The minimum Gasteiger partial charge on any atom is -0.338 e. The van der Waals surface area contributed by atoms with E-state index in [1.807, 2.05) is 11.8 Å². The number of nitrogens with one attached hydrogen (secondary N) is 1. The second-order valence-corrected chi connectivity index (χ2v) is 11.0. The lowest BCUT2D eigenvalue weighted by Crippen LogP contribution is -2.48. The van der Waals surface area contributed by atoms with Crippen LogP contribution >= 0.6 is 0 Å². The van der Waals surface area contributed by atoms with Crippen LogP contribution in [0.5, 0.6) is 0 Å². The smallest absolute Gasteiger partial charge is 0.241 e. The maximum atomic E-state index is 13.0. The number of aryl methyl sites for hydroxylation is 1. The molecule has 0 spiro atoms. The molecule has 3 unspecified atom stereocenters. The minimum atomic E-state index is -3.71. The van der Waals surface area contributed by atoms with E-state index in [1.165, 1.54) is 0 Å². The Hall–Kier alpha value is -1.40. The molecule has 1 aromatic rings. The van der Waals surface area contributed by atoms with E-state index < -0.39 is 16.1 Å². The average Bonchev–Trinajstić information content (AvgIpc) is 2.75. The number of rotatable bonds is 4. The molecule has 1 aliphatic heterocycles. The van der Waals surface area contributed by atoms with Crippen LogP contribution in [0.3, 0.4) is 0 Å². The Balaban J connectivity index is 1.73. The van der Waals surface area contributed by atoms with E-state index in [9.17, 15) is 13.2 Å². The van der Waals surface area contributed by atoms with Crippen LogP contribution in [0, 0.1) is 17.8 Å². The summed E-state index contributed by atoms with van der Waals surface area (Å²) < 4.78 is 27.7. The highest BCUT2D eigenvalue weighted by molar-refractivity contribution is 7.89. The molecule has 1 heterocycles. The fourth-order valence-corrected chi connectivity index (χ4v) is 6.23. The SMILES string of the molecule is Cc1ccc(S(=O)(=O)NC(C)C(=O)N2CC3(C)CC2CC(C)(C)C3)cc1. The molecular formula is C20H30N2O3S. The predicted octanol–water partition coefficient (Wildman–Crippen LogP) is 3.09. The van der Waals surface area contributed by atoms with Gasteiger partial charge in [0.2, 0.25) is 15.9 Å². The van der Waals surface area contributed by atoms with Gasteiger partial charge in [0.05, 0.1) is 10.9 Å². The van der Waals surface area contributed by atoms with Crippen LogP contribution < -0.4 is 4.72 Å². The van der Waals surface area contributed by atoms with Crippen molar-refractivity contribution in [3.05, 3.63) is 29.8 Å². The zero-order valence-corrected chi connectivity index (χ0v) is 17.2. The van der Waals surface area contributed by atoms with E-state index in [1.54, 1.807) is 31.2 Å². The van der Waals surface area contributed by atoms with E-state index >= 15 is 0 Å². The van der Waals surface area contributed by atoms with Crippen LogP contribution in [0.15, 0.2) is 29.2 Å². The fourth-order valence-electron chi connectivity index (χ4n) is 5.03. The number of carbonyl (C=O) groups excluding carboxylic acids is 1. The van der Waals surface area contributed by atoms with Crippen LogP contribution in [0.25, 0.3) is 0 Å². The number of nitrogens with zero attached hydrogens (tertiary/aromatic N) is 1. The van der Waals surface area contributed by atoms with E-state index in [0.29, 0.717) is 0 Å². The van der Waals surface area contributed by atoms with Crippen molar-refractivity contribution in [2.45, 2.75) is 70.9 Å². The Kier molecular flexibility index (Phi) is 4.72. The molecule has 2 bridgehead atoms. The summed E-state index contributed by atoms with van der Waals surface area (Å²) in [6.07, 6.45) is 3.09. The molecule has 26 heavy (non-hydrogen) atoms. The van der Waals surface area contributed by atoms with Crippen LogP contribution in [-0.2, 0) is 14.8 Å². The molecule has 0 aromatic heterocycles. The van der Waals surface area contributed by atoms with Gasteiger partial charge in [-0.2, -0.15) is 4.72 Å². The molecule has 5 nitrogen and oxygen atoms in total.